The summed E-state index contributed by atoms with van der Waals surface area (Å²) < 4.78 is 16.6. The lowest BCUT2D eigenvalue weighted by molar-refractivity contribution is -0.140. The molecule has 2 aliphatic rings. The van der Waals surface area contributed by atoms with E-state index in [1.54, 1.807) is 47.4 Å². The maximum Gasteiger partial charge on any atom is 0.295 e. The lowest BCUT2D eigenvalue weighted by atomic mass is 9.95. The van der Waals surface area contributed by atoms with Crippen LogP contribution in [0.15, 0.2) is 66.8 Å². The molecule has 1 amide bonds. The van der Waals surface area contributed by atoms with Crippen LogP contribution in [0.1, 0.15) is 24.1 Å². The molecule has 2 fully saturated rings. The number of carbonyl (C=O) groups excluding carboxylic acids is 2. The zero-order valence-corrected chi connectivity index (χ0v) is 20.5. The van der Waals surface area contributed by atoms with Gasteiger partial charge in [-0.1, -0.05) is 24.8 Å². The maximum atomic E-state index is 13.3. The number of amides is 1. The summed E-state index contributed by atoms with van der Waals surface area (Å²) in [4.78, 5) is 30.3. The third-order valence-electron chi connectivity index (χ3n) is 6.28. The Kier molecular flexibility index (Phi) is 8.40. The van der Waals surface area contributed by atoms with E-state index in [1.807, 2.05) is 19.1 Å². The lowest BCUT2D eigenvalue weighted by Crippen LogP contribution is -2.42. The van der Waals surface area contributed by atoms with Crippen molar-refractivity contribution in [1.82, 2.24) is 9.80 Å². The summed E-state index contributed by atoms with van der Waals surface area (Å²) in [5.74, 6) is -0.299. The molecular formula is C28H32N2O6. The molecule has 190 valence electrons. The van der Waals surface area contributed by atoms with Crippen molar-refractivity contribution in [1.29, 1.82) is 0 Å². The average molecular weight is 493 g/mol. The number of nitrogens with zero attached hydrogens (tertiary/aromatic N) is 2. The first-order valence-corrected chi connectivity index (χ1v) is 12.2. The van der Waals surface area contributed by atoms with E-state index in [2.05, 4.69) is 11.5 Å². The van der Waals surface area contributed by atoms with Crippen molar-refractivity contribution in [3.8, 4) is 11.5 Å². The van der Waals surface area contributed by atoms with Gasteiger partial charge in [-0.05, 0) is 48.9 Å². The molecule has 8 nitrogen and oxygen atoms in total. The second-order valence-corrected chi connectivity index (χ2v) is 8.58. The molecule has 0 unspecified atom stereocenters. The van der Waals surface area contributed by atoms with Crippen LogP contribution in [0.3, 0.4) is 0 Å². The number of aliphatic hydroxyl groups is 1. The number of hydrogen-bond donors (Lipinski definition) is 1. The van der Waals surface area contributed by atoms with Crippen LogP contribution in [-0.4, -0.2) is 79.2 Å². The van der Waals surface area contributed by atoms with Gasteiger partial charge in [0.1, 0.15) is 23.9 Å². The SMILES string of the molecule is C=CCOc1cccc([C@H]2C(=C(O)c3ccc(OCC)cc3)C(=O)C(=O)N2CCN2CCOCC2)c1. The van der Waals surface area contributed by atoms with E-state index in [0.717, 1.165) is 13.1 Å². The Hall–Kier alpha value is -3.62. The van der Waals surface area contributed by atoms with E-state index in [4.69, 9.17) is 14.2 Å². The van der Waals surface area contributed by atoms with Crippen molar-refractivity contribution >= 4 is 17.4 Å². The molecule has 8 heteroatoms. The highest BCUT2D eigenvalue weighted by Gasteiger charge is 2.46. The highest BCUT2D eigenvalue weighted by Crippen LogP contribution is 2.40. The van der Waals surface area contributed by atoms with Crippen LogP contribution < -0.4 is 9.47 Å². The fourth-order valence-corrected chi connectivity index (χ4v) is 4.49. The molecule has 0 bridgehead atoms. The van der Waals surface area contributed by atoms with Crippen molar-refractivity contribution in [2.24, 2.45) is 0 Å². The molecular weight excluding hydrogens is 460 g/mol. The minimum Gasteiger partial charge on any atom is -0.507 e. The van der Waals surface area contributed by atoms with E-state index in [1.165, 1.54) is 0 Å². The molecule has 2 saturated heterocycles. The molecule has 2 heterocycles. The molecule has 0 aromatic heterocycles. The molecule has 0 aliphatic carbocycles. The first-order chi connectivity index (χ1) is 17.5. The summed E-state index contributed by atoms with van der Waals surface area (Å²) >= 11 is 0. The van der Waals surface area contributed by atoms with Gasteiger partial charge in [-0.2, -0.15) is 0 Å². The molecule has 0 radical (unpaired) electrons. The van der Waals surface area contributed by atoms with Crippen LogP contribution in [0.25, 0.3) is 5.76 Å². The highest BCUT2D eigenvalue weighted by molar-refractivity contribution is 6.46. The smallest absolute Gasteiger partial charge is 0.295 e. The Morgan fingerprint density at radius 1 is 1.08 bits per heavy atom. The zero-order chi connectivity index (χ0) is 25.5. The third-order valence-corrected chi connectivity index (χ3v) is 6.28. The Morgan fingerprint density at radius 2 is 1.83 bits per heavy atom. The van der Waals surface area contributed by atoms with Crippen molar-refractivity contribution in [3.05, 3.63) is 77.9 Å². The standard InChI is InChI=1S/C28H32N2O6/c1-3-16-36-23-7-5-6-21(19-23)25-24(26(31)20-8-10-22(11-9-20)35-4-2)27(32)28(33)30(25)13-12-29-14-17-34-18-15-29/h3,5-11,19,25,31H,1,4,12-18H2,2H3/t25-/m0/s1. The quantitative estimate of drug-likeness (QED) is 0.235. The van der Waals surface area contributed by atoms with Crippen LogP contribution in [0.4, 0.5) is 0 Å². The number of morpholine rings is 1. The molecule has 2 aromatic carbocycles. The van der Waals surface area contributed by atoms with Gasteiger partial charge in [-0.15, -0.1) is 0 Å². The largest absolute Gasteiger partial charge is 0.507 e. The van der Waals surface area contributed by atoms with E-state index in [0.29, 0.717) is 62.1 Å². The zero-order valence-electron chi connectivity index (χ0n) is 20.5. The molecule has 4 rings (SSSR count). The van der Waals surface area contributed by atoms with Crippen molar-refractivity contribution in [2.45, 2.75) is 13.0 Å². The van der Waals surface area contributed by atoms with E-state index < -0.39 is 17.7 Å². The van der Waals surface area contributed by atoms with Gasteiger partial charge in [0.2, 0.25) is 0 Å². The Labute approximate surface area is 211 Å². The highest BCUT2D eigenvalue weighted by atomic mass is 16.5. The number of likely N-dealkylation sites (tertiary alicyclic amines) is 1. The van der Waals surface area contributed by atoms with Crippen molar-refractivity contribution < 1.29 is 28.9 Å². The normalized spacial score (nSPS) is 19.9. The number of ketones is 1. The summed E-state index contributed by atoms with van der Waals surface area (Å²) in [7, 11) is 0. The van der Waals surface area contributed by atoms with Gasteiger partial charge in [-0.25, -0.2) is 0 Å². The number of rotatable bonds is 10. The first-order valence-electron chi connectivity index (χ1n) is 12.2. The van der Waals surface area contributed by atoms with Crippen LogP contribution >= 0.6 is 0 Å². The lowest BCUT2D eigenvalue weighted by Gasteiger charge is -2.31. The van der Waals surface area contributed by atoms with Crippen LogP contribution in [0, 0.1) is 0 Å². The predicted octanol–water partition coefficient (Wildman–Crippen LogP) is 3.40. The summed E-state index contributed by atoms with van der Waals surface area (Å²) in [5, 5.41) is 11.3. The Morgan fingerprint density at radius 3 is 2.53 bits per heavy atom. The van der Waals surface area contributed by atoms with Gasteiger partial charge < -0.3 is 24.2 Å². The van der Waals surface area contributed by atoms with Gasteiger partial charge in [0.25, 0.3) is 11.7 Å². The Bertz CT molecular complexity index is 1120. The number of aliphatic hydroxyl groups excluding tert-OH is 1. The number of hydrogen-bond acceptors (Lipinski definition) is 7. The molecule has 2 aromatic rings. The second-order valence-electron chi connectivity index (χ2n) is 8.58. The summed E-state index contributed by atoms with van der Waals surface area (Å²) in [5.41, 5.74) is 1.19. The van der Waals surface area contributed by atoms with Crippen LogP contribution in [-0.2, 0) is 14.3 Å². The number of benzene rings is 2. The van der Waals surface area contributed by atoms with Gasteiger partial charge in [0.15, 0.2) is 0 Å². The molecule has 1 atom stereocenters. The van der Waals surface area contributed by atoms with Gasteiger partial charge in [0.05, 0.1) is 31.4 Å². The predicted molar refractivity (Wildman–Crippen MR) is 136 cm³/mol. The fraction of sp³-hybridized carbons (Fsp3) is 0.357. The fourth-order valence-electron chi connectivity index (χ4n) is 4.49. The molecule has 1 N–H and O–H groups in total. The molecule has 0 saturated carbocycles. The number of ether oxygens (including phenoxy) is 3. The minimum absolute atomic E-state index is 0.0620. The van der Waals surface area contributed by atoms with E-state index in [9.17, 15) is 14.7 Å². The molecule has 2 aliphatic heterocycles. The van der Waals surface area contributed by atoms with Crippen LogP contribution in [0.2, 0.25) is 0 Å². The summed E-state index contributed by atoms with van der Waals surface area (Å²) in [6.07, 6.45) is 1.65. The third kappa shape index (κ3) is 5.61. The monoisotopic (exact) mass is 492 g/mol. The second kappa shape index (κ2) is 11.9. The van der Waals surface area contributed by atoms with Gasteiger partial charge in [-0.3, -0.25) is 14.5 Å². The van der Waals surface area contributed by atoms with Crippen LogP contribution in [0.5, 0.6) is 11.5 Å². The van der Waals surface area contributed by atoms with Gasteiger partial charge in [0, 0.05) is 31.7 Å². The molecule has 36 heavy (non-hydrogen) atoms. The average Bonchev–Trinajstić information content (AvgIpc) is 3.16. The summed E-state index contributed by atoms with van der Waals surface area (Å²) in [6.45, 7) is 10.2. The van der Waals surface area contributed by atoms with E-state index >= 15 is 0 Å². The van der Waals surface area contributed by atoms with E-state index in [-0.39, 0.29) is 11.3 Å². The number of carbonyl (C=O) groups is 2. The van der Waals surface area contributed by atoms with Crippen molar-refractivity contribution in [3.63, 3.8) is 0 Å². The maximum absolute atomic E-state index is 13.3. The first kappa shape index (κ1) is 25.5. The Balaban J connectivity index is 1.72. The van der Waals surface area contributed by atoms with Crippen molar-refractivity contribution in [2.75, 3.05) is 52.6 Å². The number of Topliss-reactive ketones (excluding diaryl/α,β-unsaturated/α-hetero) is 1. The molecule has 0 spiro atoms. The van der Waals surface area contributed by atoms with Gasteiger partial charge >= 0.3 is 0 Å². The topological polar surface area (TPSA) is 88.5 Å². The minimum atomic E-state index is -0.745. The summed E-state index contributed by atoms with van der Waals surface area (Å²) in [6, 6.07) is 13.3.